The number of aromatic nitrogens is 1. The van der Waals surface area contributed by atoms with Gasteiger partial charge in [-0.15, -0.1) is 11.8 Å². The van der Waals surface area contributed by atoms with Gasteiger partial charge in [0.2, 0.25) is 0 Å². The Morgan fingerprint density at radius 2 is 2.26 bits per heavy atom. The second-order valence-corrected chi connectivity index (χ2v) is 5.00. The molecule has 19 heavy (non-hydrogen) atoms. The molecule has 0 aliphatic carbocycles. The number of thioether (sulfide) groups is 1. The minimum Gasteiger partial charge on any atom is -0.398 e. The summed E-state index contributed by atoms with van der Waals surface area (Å²) in [6, 6.07) is 7.42. The van der Waals surface area contributed by atoms with E-state index in [2.05, 4.69) is 5.16 Å². The number of nitrogens with one attached hydrogen (secondary N) is 1. The first-order chi connectivity index (χ1) is 9.10. The van der Waals surface area contributed by atoms with E-state index in [1.54, 1.807) is 6.07 Å². The molecule has 1 aromatic carbocycles. The van der Waals surface area contributed by atoms with Crippen molar-refractivity contribution >= 4 is 23.4 Å². The molecule has 100 valence electrons. The number of hydrogen-bond donors (Lipinski definition) is 3. The number of benzene rings is 1. The van der Waals surface area contributed by atoms with E-state index in [1.165, 1.54) is 11.8 Å². The molecule has 0 radical (unpaired) electrons. The molecular weight excluding hydrogens is 264 g/mol. The number of carbonyl (C=O) groups excluding carboxylic acids is 1. The summed E-state index contributed by atoms with van der Waals surface area (Å²) in [5, 5.41) is 3.62. The summed E-state index contributed by atoms with van der Waals surface area (Å²) < 4.78 is 5.04. The second-order valence-electron chi connectivity index (χ2n) is 3.98. The predicted molar refractivity (Wildman–Crippen MR) is 73.3 cm³/mol. The number of anilines is 1. The maximum atomic E-state index is 11.2. The third kappa shape index (κ3) is 3.27. The Hall–Kier alpha value is -1.99. The zero-order valence-electron chi connectivity index (χ0n) is 10.3. The molecule has 0 saturated heterocycles. The van der Waals surface area contributed by atoms with Crippen LogP contribution in [0.25, 0.3) is 0 Å². The Balaban J connectivity index is 2.02. The zero-order valence-corrected chi connectivity index (χ0v) is 11.2. The highest BCUT2D eigenvalue weighted by Gasteiger charge is 2.11. The van der Waals surface area contributed by atoms with E-state index in [4.69, 9.17) is 16.1 Å². The lowest BCUT2D eigenvalue weighted by atomic mass is 10.2. The first kappa shape index (κ1) is 13.4. The van der Waals surface area contributed by atoms with Crippen molar-refractivity contribution < 1.29 is 9.32 Å². The van der Waals surface area contributed by atoms with Gasteiger partial charge in [0.25, 0.3) is 5.91 Å². The maximum absolute atomic E-state index is 11.2. The molecule has 0 aliphatic rings. The van der Waals surface area contributed by atoms with E-state index in [1.807, 2.05) is 30.5 Å². The van der Waals surface area contributed by atoms with Gasteiger partial charge in [-0.2, -0.15) is 0 Å². The highest BCUT2D eigenvalue weighted by molar-refractivity contribution is 7.98. The molecule has 0 spiro atoms. The van der Waals surface area contributed by atoms with Gasteiger partial charge >= 0.3 is 0 Å². The number of amides is 1. The van der Waals surface area contributed by atoms with Crippen molar-refractivity contribution in [3.05, 3.63) is 41.3 Å². The number of rotatable bonds is 4. The lowest BCUT2D eigenvalue weighted by molar-refractivity contribution is 0.0944. The molecule has 0 bridgehead atoms. The fraction of sp³-hybridized carbons (Fsp3) is 0.167. The van der Waals surface area contributed by atoms with Crippen LogP contribution in [0.5, 0.6) is 0 Å². The first-order valence-electron chi connectivity index (χ1n) is 5.55. The standard InChI is InChI=1S/C12H14N4O2S/c1-7-2-3-11(9(13)4-7)19-6-8-5-10(16-18-8)12(17)15-14/h2-5H,6,13-14H2,1H3,(H,15,17). The Bertz CT molecular complexity index is 597. The average Bonchev–Trinajstić information content (AvgIpc) is 2.85. The van der Waals surface area contributed by atoms with Crippen molar-refractivity contribution in [2.45, 2.75) is 17.6 Å². The Labute approximate surface area is 114 Å². The van der Waals surface area contributed by atoms with Crippen LogP contribution in [0.4, 0.5) is 5.69 Å². The number of carbonyl (C=O) groups is 1. The number of nitrogens with zero attached hydrogens (tertiary/aromatic N) is 1. The van der Waals surface area contributed by atoms with Crippen LogP contribution in [-0.4, -0.2) is 11.1 Å². The molecule has 5 N–H and O–H groups in total. The monoisotopic (exact) mass is 278 g/mol. The van der Waals surface area contributed by atoms with E-state index in [0.717, 1.165) is 16.1 Å². The van der Waals surface area contributed by atoms with Crippen LogP contribution in [-0.2, 0) is 5.75 Å². The quantitative estimate of drug-likeness (QED) is 0.257. The van der Waals surface area contributed by atoms with Gasteiger partial charge in [-0.25, -0.2) is 5.84 Å². The van der Waals surface area contributed by atoms with E-state index in [-0.39, 0.29) is 5.69 Å². The third-order valence-corrected chi connectivity index (χ3v) is 3.57. The van der Waals surface area contributed by atoms with Crippen LogP contribution in [0.15, 0.2) is 33.7 Å². The summed E-state index contributed by atoms with van der Waals surface area (Å²) in [7, 11) is 0. The van der Waals surface area contributed by atoms with Gasteiger partial charge in [0.05, 0.1) is 5.75 Å². The summed E-state index contributed by atoms with van der Waals surface area (Å²) in [6.07, 6.45) is 0. The summed E-state index contributed by atoms with van der Waals surface area (Å²) in [5.41, 5.74) is 9.91. The number of nitrogen functional groups attached to an aromatic ring is 2. The minimum absolute atomic E-state index is 0.162. The van der Waals surface area contributed by atoms with Gasteiger partial charge in [0.15, 0.2) is 5.69 Å². The molecule has 0 fully saturated rings. The second kappa shape index (κ2) is 5.77. The van der Waals surface area contributed by atoms with Gasteiger partial charge in [-0.1, -0.05) is 11.2 Å². The summed E-state index contributed by atoms with van der Waals surface area (Å²) >= 11 is 1.52. The third-order valence-electron chi connectivity index (χ3n) is 2.46. The zero-order chi connectivity index (χ0) is 13.8. The lowest BCUT2D eigenvalue weighted by Crippen LogP contribution is -2.30. The largest absolute Gasteiger partial charge is 0.398 e. The Kier molecular flexibility index (Phi) is 4.08. The van der Waals surface area contributed by atoms with Gasteiger partial charge < -0.3 is 10.3 Å². The molecule has 2 rings (SSSR count). The van der Waals surface area contributed by atoms with Crippen molar-refractivity contribution in [3.8, 4) is 0 Å². The van der Waals surface area contributed by atoms with E-state index in [0.29, 0.717) is 11.5 Å². The first-order valence-corrected chi connectivity index (χ1v) is 6.54. The molecule has 7 heteroatoms. The van der Waals surface area contributed by atoms with Crippen LogP contribution >= 0.6 is 11.8 Å². The molecule has 6 nitrogen and oxygen atoms in total. The van der Waals surface area contributed by atoms with Gasteiger partial charge in [-0.3, -0.25) is 10.2 Å². The lowest BCUT2D eigenvalue weighted by Gasteiger charge is -2.04. The molecule has 0 aliphatic heterocycles. The Morgan fingerprint density at radius 3 is 2.95 bits per heavy atom. The van der Waals surface area contributed by atoms with E-state index in [9.17, 15) is 4.79 Å². The molecule has 1 amide bonds. The highest BCUT2D eigenvalue weighted by atomic mass is 32.2. The van der Waals surface area contributed by atoms with Crippen LogP contribution in [0, 0.1) is 6.92 Å². The molecule has 0 unspecified atom stereocenters. The van der Waals surface area contributed by atoms with Crippen LogP contribution in [0.3, 0.4) is 0 Å². The molecule has 1 heterocycles. The van der Waals surface area contributed by atoms with Crippen molar-refractivity contribution in [2.24, 2.45) is 5.84 Å². The maximum Gasteiger partial charge on any atom is 0.287 e. The molecular formula is C12H14N4O2S. The smallest absolute Gasteiger partial charge is 0.287 e. The van der Waals surface area contributed by atoms with Crippen molar-refractivity contribution in [1.82, 2.24) is 10.6 Å². The fourth-order valence-electron chi connectivity index (χ4n) is 1.51. The van der Waals surface area contributed by atoms with Crippen LogP contribution in [0.2, 0.25) is 0 Å². The average molecular weight is 278 g/mol. The molecule has 0 saturated carbocycles. The summed E-state index contributed by atoms with van der Waals surface area (Å²) in [5.74, 6) is 5.66. The molecule has 0 atom stereocenters. The number of hydrazine groups is 1. The van der Waals surface area contributed by atoms with Crippen LogP contribution < -0.4 is 17.0 Å². The summed E-state index contributed by atoms with van der Waals surface area (Å²) in [4.78, 5) is 12.2. The highest BCUT2D eigenvalue weighted by Crippen LogP contribution is 2.28. The minimum atomic E-state index is -0.477. The fourth-order valence-corrected chi connectivity index (χ4v) is 2.33. The molecule has 2 aromatic rings. The van der Waals surface area contributed by atoms with Crippen molar-refractivity contribution in [1.29, 1.82) is 0 Å². The van der Waals surface area contributed by atoms with Crippen molar-refractivity contribution in [2.75, 3.05) is 5.73 Å². The number of nitrogens with two attached hydrogens (primary N) is 2. The summed E-state index contributed by atoms with van der Waals surface area (Å²) in [6.45, 7) is 1.99. The topological polar surface area (TPSA) is 107 Å². The van der Waals surface area contributed by atoms with Gasteiger partial charge in [0.1, 0.15) is 5.76 Å². The SMILES string of the molecule is Cc1ccc(SCc2cc(C(=O)NN)no2)c(N)c1. The molecule has 1 aromatic heterocycles. The Morgan fingerprint density at radius 1 is 1.47 bits per heavy atom. The van der Waals surface area contributed by atoms with E-state index >= 15 is 0 Å². The number of aryl methyl sites for hydroxylation is 1. The normalized spacial score (nSPS) is 10.4. The van der Waals surface area contributed by atoms with E-state index < -0.39 is 5.91 Å². The van der Waals surface area contributed by atoms with Gasteiger partial charge in [-0.05, 0) is 24.6 Å². The number of hydrogen-bond acceptors (Lipinski definition) is 6. The van der Waals surface area contributed by atoms with Crippen LogP contribution in [0.1, 0.15) is 21.8 Å². The van der Waals surface area contributed by atoms with Crippen molar-refractivity contribution in [3.63, 3.8) is 0 Å². The predicted octanol–water partition coefficient (Wildman–Crippen LogP) is 1.46. The van der Waals surface area contributed by atoms with Gasteiger partial charge in [0, 0.05) is 16.6 Å².